The molecular formula is C39H62O14. The van der Waals surface area contributed by atoms with E-state index in [1.165, 1.54) is 0 Å². The molecule has 0 amide bonds. The molecule has 0 bridgehead atoms. The number of ketones is 1. The standard InChI is InChI=1S/C39H62O14/c1-17-7-10-39(48-16-17)18(2)27-24(53-39)12-22-21-6-5-19-11-20(8-9-37(19,3)28(21)23(42)13-38(22,27)4)49-35-33(47)31(45)34(26(15-41)51-35)52-36-32(46)30(44)29(43)25(14-40)50-36/h17-22,24-36,40-41,43-47H,5-16H2,1-4H3/t17-,18+,19?,20+,21?,22?,24?,25-,26-,27?,28?,29-,30+,31-,32-,33-,34-,35-,36+,37+,38+,39?/m1/s1. The Morgan fingerprint density at radius 2 is 1.47 bits per heavy atom. The molecule has 8 rings (SSSR count). The number of aliphatic hydroxyl groups excluding tert-OH is 7. The van der Waals surface area contributed by atoms with Gasteiger partial charge in [-0.1, -0.05) is 27.7 Å². The Balaban J connectivity index is 0.911. The lowest BCUT2D eigenvalue weighted by Gasteiger charge is -2.60. The van der Waals surface area contributed by atoms with E-state index in [0.29, 0.717) is 48.7 Å². The Morgan fingerprint density at radius 1 is 0.774 bits per heavy atom. The lowest BCUT2D eigenvalue weighted by molar-refractivity contribution is -0.364. The van der Waals surface area contributed by atoms with Crippen LogP contribution in [0.2, 0.25) is 0 Å². The van der Waals surface area contributed by atoms with Gasteiger partial charge in [0.2, 0.25) is 0 Å². The van der Waals surface area contributed by atoms with Crippen LogP contribution in [-0.2, 0) is 33.2 Å². The van der Waals surface area contributed by atoms with E-state index in [9.17, 15) is 40.5 Å². The Kier molecular flexibility index (Phi) is 10.5. The zero-order valence-electron chi connectivity index (χ0n) is 31.4. The summed E-state index contributed by atoms with van der Waals surface area (Å²) in [4.78, 5) is 14.5. The normalized spacial score (nSPS) is 58.2. The van der Waals surface area contributed by atoms with Crippen LogP contribution in [0.1, 0.15) is 85.5 Å². The second-order valence-electron chi connectivity index (χ2n) is 18.7. The third-order valence-electron chi connectivity index (χ3n) is 15.9. The molecule has 0 aromatic carbocycles. The van der Waals surface area contributed by atoms with Gasteiger partial charge in [0.05, 0.1) is 32.0 Å². The van der Waals surface area contributed by atoms with Crippen LogP contribution in [0.25, 0.3) is 0 Å². The molecular weight excluding hydrogens is 692 g/mol. The molecule has 0 radical (unpaired) electrons. The topological polar surface area (TPSA) is 214 Å². The first-order valence-electron chi connectivity index (χ1n) is 20.2. The van der Waals surface area contributed by atoms with Crippen molar-refractivity contribution in [2.75, 3.05) is 19.8 Å². The molecule has 0 aromatic heterocycles. The molecule has 4 aliphatic heterocycles. The van der Waals surface area contributed by atoms with Gasteiger partial charge in [0.25, 0.3) is 0 Å². The number of hydrogen-bond acceptors (Lipinski definition) is 14. The van der Waals surface area contributed by atoms with Crippen molar-refractivity contribution in [2.24, 2.45) is 52.3 Å². The maximum absolute atomic E-state index is 14.5. The number of fused-ring (bicyclic) bond motifs is 7. The molecule has 14 heteroatoms. The molecule has 4 heterocycles. The summed E-state index contributed by atoms with van der Waals surface area (Å²) in [5.74, 6) is 1.91. The Bertz CT molecular complexity index is 1340. The number of carbonyl (C=O) groups excluding carboxylic acids is 1. The highest BCUT2D eigenvalue weighted by atomic mass is 16.7. The Morgan fingerprint density at radius 3 is 2.17 bits per heavy atom. The Labute approximate surface area is 311 Å². The van der Waals surface area contributed by atoms with Gasteiger partial charge in [0.1, 0.15) is 54.6 Å². The second kappa shape index (κ2) is 14.2. The summed E-state index contributed by atoms with van der Waals surface area (Å²) in [6, 6.07) is 0. The molecule has 7 unspecified atom stereocenters. The minimum Gasteiger partial charge on any atom is -0.394 e. The second-order valence-corrected chi connectivity index (χ2v) is 18.7. The number of aliphatic hydroxyl groups is 7. The van der Waals surface area contributed by atoms with Crippen LogP contribution in [0.4, 0.5) is 0 Å². The smallest absolute Gasteiger partial charge is 0.187 e. The number of ether oxygens (including phenoxy) is 6. The number of rotatable bonds is 6. The fraction of sp³-hybridized carbons (Fsp3) is 0.974. The molecule has 4 aliphatic carbocycles. The summed E-state index contributed by atoms with van der Waals surface area (Å²) in [6.45, 7) is 8.63. The molecule has 7 N–H and O–H groups in total. The minimum absolute atomic E-state index is 0.0208. The molecule has 22 atom stereocenters. The molecule has 1 spiro atoms. The van der Waals surface area contributed by atoms with E-state index < -0.39 is 80.4 Å². The highest BCUT2D eigenvalue weighted by Gasteiger charge is 2.71. The van der Waals surface area contributed by atoms with Crippen LogP contribution in [0.15, 0.2) is 0 Å². The van der Waals surface area contributed by atoms with E-state index in [2.05, 4.69) is 27.7 Å². The highest BCUT2D eigenvalue weighted by Crippen LogP contribution is 2.70. The van der Waals surface area contributed by atoms with Crippen molar-refractivity contribution in [2.45, 2.75) is 165 Å². The average molecular weight is 755 g/mol. The summed E-state index contributed by atoms with van der Waals surface area (Å²) in [6.07, 6.45) is -7.48. The van der Waals surface area contributed by atoms with Gasteiger partial charge in [-0.05, 0) is 85.4 Å². The summed E-state index contributed by atoms with van der Waals surface area (Å²) in [5.41, 5.74) is -0.288. The van der Waals surface area contributed by atoms with Crippen LogP contribution in [0, 0.1) is 52.3 Å². The number of Topliss-reactive ketones (excluding diaryl/α,β-unsaturated/α-hetero) is 1. The van der Waals surface area contributed by atoms with E-state index in [1.54, 1.807) is 0 Å². The first-order chi connectivity index (χ1) is 25.2. The van der Waals surface area contributed by atoms with Gasteiger partial charge >= 0.3 is 0 Å². The van der Waals surface area contributed by atoms with Gasteiger partial charge < -0.3 is 64.2 Å². The quantitative estimate of drug-likeness (QED) is 0.185. The zero-order valence-corrected chi connectivity index (χ0v) is 31.4. The van der Waals surface area contributed by atoms with E-state index in [1.807, 2.05) is 0 Å². The van der Waals surface area contributed by atoms with E-state index >= 15 is 0 Å². The maximum Gasteiger partial charge on any atom is 0.187 e. The van der Waals surface area contributed by atoms with Gasteiger partial charge in [-0.15, -0.1) is 0 Å². The molecule has 4 saturated carbocycles. The predicted octanol–water partition coefficient (Wildman–Crippen LogP) is 0.621. The van der Waals surface area contributed by atoms with Crippen molar-refractivity contribution >= 4 is 5.78 Å². The van der Waals surface area contributed by atoms with Crippen molar-refractivity contribution in [1.82, 2.24) is 0 Å². The summed E-state index contributed by atoms with van der Waals surface area (Å²) < 4.78 is 36.8. The lowest BCUT2D eigenvalue weighted by atomic mass is 9.44. The zero-order chi connectivity index (χ0) is 37.8. The van der Waals surface area contributed by atoms with Crippen LogP contribution in [0.3, 0.4) is 0 Å². The predicted molar refractivity (Wildman–Crippen MR) is 183 cm³/mol. The van der Waals surface area contributed by atoms with Gasteiger partial charge in [-0.25, -0.2) is 0 Å². The molecule has 4 saturated heterocycles. The fourth-order valence-electron chi connectivity index (χ4n) is 13.0. The number of hydrogen-bond donors (Lipinski definition) is 7. The monoisotopic (exact) mass is 754 g/mol. The third-order valence-corrected chi connectivity index (χ3v) is 15.9. The van der Waals surface area contributed by atoms with Crippen molar-refractivity contribution in [3.63, 3.8) is 0 Å². The van der Waals surface area contributed by atoms with Crippen molar-refractivity contribution in [3.05, 3.63) is 0 Å². The fourth-order valence-corrected chi connectivity index (χ4v) is 13.0. The van der Waals surface area contributed by atoms with Gasteiger partial charge in [0.15, 0.2) is 18.4 Å². The first kappa shape index (κ1) is 39.0. The van der Waals surface area contributed by atoms with Crippen molar-refractivity contribution in [3.8, 4) is 0 Å². The van der Waals surface area contributed by atoms with Crippen molar-refractivity contribution < 1.29 is 69.0 Å². The molecule has 302 valence electrons. The van der Waals surface area contributed by atoms with Gasteiger partial charge in [-0.2, -0.15) is 0 Å². The molecule has 8 fully saturated rings. The van der Waals surface area contributed by atoms with E-state index in [4.69, 9.17) is 28.4 Å². The summed E-state index contributed by atoms with van der Waals surface area (Å²) >= 11 is 0. The van der Waals surface area contributed by atoms with Gasteiger partial charge in [0, 0.05) is 24.7 Å². The molecule has 14 nitrogen and oxygen atoms in total. The first-order valence-corrected chi connectivity index (χ1v) is 20.2. The molecule has 8 aliphatic rings. The summed E-state index contributed by atoms with van der Waals surface area (Å²) in [5, 5.41) is 72.7. The highest BCUT2D eigenvalue weighted by molar-refractivity contribution is 5.84. The summed E-state index contributed by atoms with van der Waals surface area (Å²) in [7, 11) is 0. The number of carbonyl (C=O) groups is 1. The van der Waals surface area contributed by atoms with Crippen LogP contribution in [-0.4, -0.2) is 141 Å². The molecule has 53 heavy (non-hydrogen) atoms. The minimum atomic E-state index is -1.74. The maximum atomic E-state index is 14.5. The van der Waals surface area contributed by atoms with Crippen LogP contribution in [0.5, 0.6) is 0 Å². The third kappa shape index (κ3) is 6.12. The Hall–Kier alpha value is -0.850. The van der Waals surface area contributed by atoms with E-state index in [0.717, 1.165) is 45.1 Å². The molecule has 0 aromatic rings. The average Bonchev–Trinajstić information content (AvgIpc) is 3.57. The van der Waals surface area contributed by atoms with Crippen LogP contribution >= 0.6 is 0 Å². The SMILES string of the molecule is C[C@@H]1CCC2(OC1)OC1CC3C4CCC5C[C@@H](O[C@@H]6O[C@H](CO)[C@@H](O[C@@H]7O[C@H](CO)[C@@H](O)[C@H](O)[C@H]7O)[C@H](O)[C@H]6O)CC[C@]5(C)C4C(=O)C[C@]3(C)C1[C@@H]2C. The lowest BCUT2D eigenvalue weighted by Crippen LogP contribution is -2.65. The van der Waals surface area contributed by atoms with Crippen LogP contribution < -0.4 is 0 Å². The largest absolute Gasteiger partial charge is 0.394 e. The van der Waals surface area contributed by atoms with Crippen molar-refractivity contribution in [1.29, 1.82) is 0 Å². The van der Waals surface area contributed by atoms with E-state index in [-0.39, 0.29) is 40.8 Å². The van der Waals surface area contributed by atoms with Gasteiger partial charge in [-0.3, -0.25) is 4.79 Å².